The molecule has 186 valence electrons. The van der Waals surface area contributed by atoms with Crippen LogP contribution in [-0.4, -0.2) is 48.7 Å². The van der Waals surface area contributed by atoms with Gasteiger partial charge < -0.3 is 10.1 Å². The van der Waals surface area contributed by atoms with E-state index in [0.717, 1.165) is 43.9 Å². The van der Waals surface area contributed by atoms with Crippen molar-refractivity contribution in [1.82, 2.24) is 4.90 Å². The van der Waals surface area contributed by atoms with Crippen LogP contribution in [-0.2, 0) is 19.6 Å². The van der Waals surface area contributed by atoms with E-state index < -0.39 is 15.3 Å². The molecule has 2 aliphatic rings. The summed E-state index contributed by atoms with van der Waals surface area (Å²) in [5.41, 5.74) is 0.578. The zero-order chi connectivity index (χ0) is 25.0. The second-order valence-corrected chi connectivity index (χ2v) is 11.6. The Morgan fingerprint density at radius 1 is 1.11 bits per heavy atom. The third-order valence-electron chi connectivity index (χ3n) is 5.96. The number of carbonyl (C=O) groups excluding carboxylic acids is 2. The van der Waals surface area contributed by atoms with Gasteiger partial charge in [0.2, 0.25) is 11.8 Å². The van der Waals surface area contributed by atoms with Crippen molar-refractivity contribution in [2.75, 3.05) is 12.4 Å². The molecule has 1 unspecified atom stereocenters. The topological polar surface area (TPSA) is 105 Å². The first-order chi connectivity index (χ1) is 16.8. The minimum atomic E-state index is -4.06. The van der Waals surface area contributed by atoms with Crippen LogP contribution in [0.25, 0.3) is 0 Å². The maximum Gasteiger partial charge on any atom is 0.284 e. The first-order valence-electron chi connectivity index (χ1n) is 11.3. The standard InChI is InChI=1S/C24H26ClN3O5S2/c1-33-19-11-9-17(10-12-19)26-22(29)15-21-23(30)28(18-5-3-2-4-6-18)24(34-21)27-35(31,32)20-13-7-16(25)8-14-20/h7-14,18,21H,2-6,15H2,1H3,(H,26,29)/b27-24+. The summed E-state index contributed by atoms with van der Waals surface area (Å²) < 4.78 is 35.1. The Bertz CT molecular complexity index is 1210. The van der Waals surface area contributed by atoms with Crippen LogP contribution in [0.3, 0.4) is 0 Å². The molecule has 8 nitrogen and oxygen atoms in total. The number of methoxy groups -OCH3 is 1. The first kappa shape index (κ1) is 25.5. The quantitative estimate of drug-likeness (QED) is 0.551. The lowest BCUT2D eigenvalue weighted by atomic mass is 9.94. The molecule has 4 rings (SSSR count). The number of amides is 2. The highest BCUT2D eigenvalue weighted by atomic mass is 35.5. The van der Waals surface area contributed by atoms with E-state index in [1.54, 1.807) is 31.4 Å². The lowest BCUT2D eigenvalue weighted by molar-refractivity contribution is -0.130. The van der Waals surface area contributed by atoms with Gasteiger partial charge in [0.25, 0.3) is 10.0 Å². The Morgan fingerprint density at radius 2 is 1.77 bits per heavy atom. The first-order valence-corrected chi connectivity index (χ1v) is 14.0. The number of anilines is 1. The average molecular weight is 536 g/mol. The van der Waals surface area contributed by atoms with Gasteiger partial charge in [-0.2, -0.15) is 8.42 Å². The summed E-state index contributed by atoms with van der Waals surface area (Å²) >= 11 is 6.92. The van der Waals surface area contributed by atoms with Gasteiger partial charge in [-0.25, -0.2) is 0 Å². The molecule has 11 heteroatoms. The van der Waals surface area contributed by atoms with Gasteiger partial charge in [0.05, 0.1) is 12.0 Å². The van der Waals surface area contributed by atoms with E-state index in [1.165, 1.54) is 29.2 Å². The van der Waals surface area contributed by atoms with Crippen molar-refractivity contribution >= 4 is 56.1 Å². The van der Waals surface area contributed by atoms with Crippen molar-refractivity contribution < 1.29 is 22.7 Å². The molecule has 1 saturated heterocycles. The summed E-state index contributed by atoms with van der Waals surface area (Å²) in [7, 11) is -2.50. The molecule has 0 radical (unpaired) electrons. The highest BCUT2D eigenvalue weighted by molar-refractivity contribution is 8.16. The number of amidine groups is 1. The van der Waals surface area contributed by atoms with Crippen molar-refractivity contribution in [3.63, 3.8) is 0 Å². The molecule has 2 aromatic rings. The van der Waals surface area contributed by atoms with Crippen LogP contribution < -0.4 is 10.1 Å². The van der Waals surface area contributed by atoms with Gasteiger partial charge >= 0.3 is 0 Å². The fourth-order valence-corrected chi connectivity index (χ4v) is 6.70. The number of nitrogens with one attached hydrogen (secondary N) is 1. The maximum atomic E-state index is 13.4. The number of rotatable bonds is 7. The number of thioether (sulfide) groups is 1. The minimum Gasteiger partial charge on any atom is -0.497 e. The molecule has 0 aromatic heterocycles. The van der Waals surface area contributed by atoms with Gasteiger partial charge in [0.15, 0.2) is 5.17 Å². The molecule has 0 spiro atoms. The van der Waals surface area contributed by atoms with Crippen LogP contribution in [0.15, 0.2) is 57.8 Å². The number of sulfonamides is 1. The monoisotopic (exact) mass is 535 g/mol. The third kappa shape index (κ3) is 6.17. The van der Waals surface area contributed by atoms with Gasteiger partial charge in [-0.3, -0.25) is 14.5 Å². The number of halogens is 1. The lowest BCUT2D eigenvalue weighted by Gasteiger charge is -2.30. The predicted molar refractivity (Wildman–Crippen MR) is 137 cm³/mol. The molecule has 35 heavy (non-hydrogen) atoms. The van der Waals surface area contributed by atoms with Crippen LogP contribution >= 0.6 is 23.4 Å². The molecular formula is C24H26ClN3O5S2. The van der Waals surface area contributed by atoms with Crippen LogP contribution in [0.4, 0.5) is 5.69 Å². The number of nitrogens with zero attached hydrogens (tertiary/aromatic N) is 2. The summed E-state index contributed by atoms with van der Waals surface area (Å²) in [5.74, 6) is 0.0404. The summed E-state index contributed by atoms with van der Waals surface area (Å²) in [6.07, 6.45) is 4.44. The van der Waals surface area contributed by atoms with Crippen molar-refractivity contribution in [2.45, 2.75) is 54.7 Å². The van der Waals surface area contributed by atoms with Gasteiger partial charge in [0.1, 0.15) is 11.0 Å². The minimum absolute atomic E-state index is 0.00765. The highest BCUT2D eigenvalue weighted by Crippen LogP contribution is 2.36. The molecule has 1 aliphatic heterocycles. The van der Waals surface area contributed by atoms with Gasteiger partial charge in [0, 0.05) is 23.2 Å². The molecule has 2 fully saturated rings. The Balaban J connectivity index is 1.55. The van der Waals surface area contributed by atoms with Crippen LogP contribution in [0.2, 0.25) is 5.02 Å². The van der Waals surface area contributed by atoms with Crippen LogP contribution in [0, 0.1) is 0 Å². The lowest BCUT2D eigenvalue weighted by Crippen LogP contribution is -2.42. The summed E-state index contributed by atoms with van der Waals surface area (Å²) in [4.78, 5) is 27.6. The Labute approximate surface area is 214 Å². The third-order valence-corrected chi connectivity index (χ3v) is 8.76. The average Bonchev–Trinajstić information content (AvgIpc) is 3.13. The fraction of sp³-hybridized carbons (Fsp3) is 0.375. The molecule has 1 atom stereocenters. The number of carbonyl (C=O) groups is 2. The van der Waals surface area contributed by atoms with E-state index in [9.17, 15) is 18.0 Å². The second kappa shape index (κ2) is 11.0. The van der Waals surface area contributed by atoms with E-state index in [-0.39, 0.29) is 34.3 Å². The van der Waals surface area contributed by atoms with Crippen molar-refractivity contribution in [3.05, 3.63) is 53.6 Å². The van der Waals surface area contributed by atoms with E-state index in [2.05, 4.69) is 9.71 Å². The Hall–Kier alpha value is -2.56. The molecule has 0 bridgehead atoms. The van der Waals surface area contributed by atoms with E-state index >= 15 is 0 Å². The molecule has 1 aliphatic carbocycles. The number of benzene rings is 2. The number of hydrogen-bond acceptors (Lipinski definition) is 6. The van der Waals surface area contributed by atoms with Gasteiger partial charge in [-0.15, -0.1) is 4.40 Å². The molecule has 2 amide bonds. The Morgan fingerprint density at radius 3 is 2.40 bits per heavy atom. The van der Waals surface area contributed by atoms with Crippen LogP contribution in [0.5, 0.6) is 5.75 Å². The molecular weight excluding hydrogens is 510 g/mol. The molecule has 2 aromatic carbocycles. The SMILES string of the molecule is COc1ccc(NC(=O)CC2S/C(=N/S(=O)(=O)c3ccc(Cl)cc3)N(C3CCCCC3)C2=O)cc1. The van der Waals surface area contributed by atoms with Crippen molar-refractivity contribution in [2.24, 2.45) is 4.40 Å². The fourth-order valence-electron chi connectivity index (χ4n) is 4.17. The van der Waals surface area contributed by atoms with Gasteiger partial charge in [-0.05, 0) is 61.4 Å². The zero-order valence-corrected chi connectivity index (χ0v) is 21.5. The molecule has 1 N–H and O–H groups in total. The largest absolute Gasteiger partial charge is 0.497 e. The van der Waals surface area contributed by atoms with E-state index in [1.807, 2.05) is 0 Å². The summed E-state index contributed by atoms with van der Waals surface area (Å²) in [6, 6.07) is 12.5. The van der Waals surface area contributed by atoms with Crippen molar-refractivity contribution in [3.8, 4) is 5.75 Å². The highest BCUT2D eigenvalue weighted by Gasteiger charge is 2.43. The van der Waals surface area contributed by atoms with Crippen LogP contribution in [0.1, 0.15) is 38.5 Å². The van der Waals surface area contributed by atoms with Crippen molar-refractivity contribution in [1.29, 1.82) is 0 Å². The maximum absolute atomic E-state index is 13.4. The normalized spacial score (nSPS) is 20.3. The number of hydrogen-bond donors (Lipinski definition) is 1. The van der Waals surface area contributed by atoms with Gasteiger partial charge in [-0.1, -0.05) is 42.6 Å². The van der Waals surface area contributed by atoms with E-state index in [4.69, 9.17) is 16.3 Å². The molecule has 1 heterocycles. The van der Waals surface area contributed by atoms with E-state index in [0.29, 0.717) is 16.5 Å². The smallest absolute Gasteiger partial charge is 0.284 e. The zero-order valence-electron chi connectivity index (χ0n) is 19.1. The summed E-state index contributed by atoms with van der Waals surface area (Å²) in [5, 5.41) is 2.56. The predicted octanol–water partition coefficient (Wildman–Crippen LogP) is 4.70. The second-order valence-electron chi connectivity index (χ2n) is 8.39. The Kier molecular flexibility index (Phi) is 8.03. The number of ether oxygens (including phenoxy) is 1. The molecule has 1 saturated carbocycles. The summed E-state index contributed by atoms with van der Waals surface area (Å²) in [6.45, 7) is 0.